The van der Waals surface area contributed by atoms with Crippen molar-refractivity contribution in [2.24, 2.45) is 0 Å². The van der Waals surface area contributed by atoms with Gasteiger partial charge in [-0.05, 0) is 73.6 Å². The van der Waals surface area contributed by atoms with Gasteiger partial charge in [-0.15, -0.1) is 11.8 Å². The topological polar surface area (TPSA) is 148 Å². The summed E-state index contributed by atoms with van der Waals surface area (Å²) in [6.07, 6.45) is 0.567. The summed E-state index contributed by atoms with van der Waals surface area (Å²) in [5.41, 5.74) is 0.197. The lowest BCUT2D eigenvalue weighted by atomic mass is 10.0. The van der Waals surface area contributed by atoms with Crippen molar-refractivity contribution in [2.75, 3.05) is 37.8 Å². The van der Waals surface area contributed by atoms with Crippen LogP contribution in [0.3, 0.4) is 0 Å². The van der Waals surface area contributed by atoms with Crippen LogP contribution in [0.5, 0.6) is 0 Å². The molecule has 1 aliphatic heterocycles. The SMILES string of the molecule is CN1CCOC(=O)c2cc(S(=O)(=O)NC(=O)c3ccc(-c4ccc(F)cc4)cc3)cc([N+](=O)[O-])c2NC(CSc2ccccc2)CC1. The molecule has 0 aromatic heterocycles. The highest BCUT2D eigenvalue weighted by Gasteiger charge is 2.31. The van der Waals surface area contributed by atoms with Crippen LogP contribution in [0.2, 0.25) is 0 Å². The Morgan fingerprint density at radius 1 is 1.04 bits per heavy atom. The lowest BCUT2D eigenvalue weighted by molar-refractivity contribution is -0.384. The number of esters is 1. The number of nitro groups is 1. The molecule has 0 aliphatic carbocycles. The summed E-state index contributed by atoms with van der Waals surface area (Å²) < 4.78 is 47.5. The first-order valence-corrected chi connectivity index (χ1v) is 17.0. The third-order valence-electron chi connectivity index (χ3n) is 7.48. The first-order chi connectivity index (χ1) is 22.5. The molecule has 244 valence electrons. The smallest absolute Gasteiger partial charge is 0.340 e. The zero-order valence-electron chi connectivity index (χ0n) is 25.2. The molecule has 1 amide bonds. The third kappa shape index (κ3) is 8.52. The van der Waals surface area contributed by atoms with Crippen LogP contribution >= 0.6 is 11.8 Å². The number of nitro benzene ring substituents is 1. The van der Waals surface area contributed by atoms with E-state index in [-0.39, 0.29) is 29.5 Å². The first kappa shape index (κ1) is 33.6. The Morgan fingerprint density at radius 3 is 2.36 bits per heavy atom. The Kier molecular flexibility index (Phi) is 10.5. The fraction of sp³-hybridized carbons (Fsp3) is 0.212. The number of hydrogen-bond acceptors (Lipinski definition) is 10. The number of nitrogens with one attached hydrogen (secondary N) is 2. The minimum Gasteiger partial charge on any atom is -0.461 e. The minimum absolute atomic E-state index is 0.00637. The molecule has 0 bridgehead atoms. The van der Waals surface area contributed by atoms with Crippen molar-refractivity contribution < 1.29 is 32.1 Å². The van der Waals surface area contributed by atoms with Crippen LogP contribution in [0, 0.1) is 15.9 Å². The molecule has 0 radical (unpaired) electrons. The van der Waals surface area contributed by atoms with Gasteiger partial charge in [0.2, 0.25) is 0 Å². The average Bonchev–Trinajstić information content (AvgIpc) is 3.08. The number of ether oxygens (including phenoxy) is 1. The summed E-state index contributed by atoms with van der Waals surface area (Å²) in [7, 11) is -2.83. The fourth-order valence-electron chi connectivity index (χ4n) is 4.88. The summed E-state index contributed by atoms with van der Waals surface area (Å²) >= 11 is 1.54. The molecule has 0 saturated heterocycles. The van der Waals surface area contributed by atoms with Gasteiger partial charge >= 0.3 is 5.97 Å². The zero-order chi connectivity index (χ0) is 33.6. The van der Waals surface area contributed by atoms with Crippen LogP contribution in [0.4, 0.5) is 15.8 Å². The average molecular weight is 679 g/mol. The number of likely N-dealkylation sites (N-methyl/N-ethyl adjacent to an activating group) is 1. The second-order valence-corrected chi connectivity index (χ2v) is 13.6. The Balaban J connectivity index is 1.44. The molecule has 1 heterocycles. The number of thioether (sulfide) groups is 1. The summed E-state index contributed by atoms with van der Waals surface area (Å²) in [4.78, 5) is 40.1. The molecule has 5 rings (SSSR count). The van der Waals surface area contributed by atoms with E-state index < -0.39 is 43.2 Å². The number of cyclic esters (lactones) is 1. The van der Waals surface area contributed by atoms with E-state index in [1.807, 2.05) is 47.0 Å². The monoisotopic (exact) mass is 678 g/mol. The second kappa shape index (κ2) is 14.8. The molecule has 47 heavy (non-hydrogen) atoms. The van der Waals surface area contributed by atoms with Gasteiger partial charge in [0.15, 0.2) is 0 Å². The Bertz CT molecular complexity index is 1870. The highest BCUT2D eigenvalue weighted by molar-refractivity contribution is 7.99. The second-order valence-electron chi connectivity index (χ2n) is 10.8. The molecule has 0 spiro atoms. The van der Waals surface area contributed by atoms with Crippen molar-refractivity contribution >= 4 is 45.0 Å². The van der Waals surface area contributed by atoms with Gasteiger partial charge in [0.1, 0.15) is 18.1 Å². The van der Waals surface area contributed by atoms with Crippen molar-refractivity contribution in [3.05, 3.63) is 118 Å². The standard InChI is InChI=1S/C33H31FN4O7S2/c1-37-16-15-26(21-46-27-5-3-2-4-6-27)35-31-29(33(40)45-18-17-37)19-28(20-30(31)38(41)42)47(43,44)36-32(39)24-9-7-22(8-10-24)23-11-13-25(34)14-12-23/h2-14,19-20,26,35H,15-18,21H2,1H3,(H,36,39). The number of carbonyl (C=O) groups excluding carboxylic acids is 2. The number of nitrogens with zero attached hydrogens (tertiary/aromatic N) is 2. The van der Waals surface area contributed by atoms with Gasteiger partial charge in [0, 0.05) is 34.9 Å². The van der Waals surface area contributed by atoms with Gasteiger partial charge in [-0.2, -0.15) is 0 Å². The van der Waals surface area contributed by atoms with Crippen molar-refractivity contribution in [1.29, 1.82) is 0 Å². The van der Waals surface area contributed by atoms with Crippen molar-refractivity contribution in [3.63, 3.8) is 0 Å². The number of sulfonamides is 1. The van der Waals surface area contributed by atoms with E-state index in [1.54, 1.807) is 24.3 Å². The molecule has 4 aromatic carbocycles. The predicted molar refractivity (Wildman–Crippen MR) is 177 cm³/mol. The number of fused-ring (bicyclic) bond motifs is 1. The fourth-order valence-corrected chi connectivity index (χ4v) is 6.90. The zero-order valence-corrected chi connectivity index (χ0v) is 26.9. The van der Waals surface area contributed by atoms with E-state index in [0.29, 0.717) is 36.4 Å². The quantitative estimate of drug-likeness (QED) is 0.105. The van der Waals surface area contributed by atoms with Gasteiger partial charge in [0.05, 0.1) is 15.4 Å². The molecule has 14 heteroatoms. The summed E-state index contributed by atoms with van der Waals surface area (Å²) in [5.74, 6) is -1.83. The molecule has 4 aromatic rings. The summed E-state index contributed by atoms with van der Waals surface area (Å²) in [5, 5.41) is 15.5. The van der Waals surface area contributed by atoms with E-state index in [4.69, 9.17) is 4.74 Å². The Labute approximate surface area is 275 Å². The highest BCUT2D eigenvalue weighted by atomic mass is 32.2. The highest BCUT2D eigenvalue weighted by Crippen LogP contribution is 2.35. The van der Waals surface area contributed by atoms with Gasteiger partial charge < -0.3 is 15.0 Å². The molecule has 1 unspecified atom stereocenters. The van der Waals surface area contributed by atoms with Crippen LogP contribution in [0.25, 0.3) is 11.1 Å². The number of hydrogen-bond donors (Lipinski definition) is 2. The van der Waals surface area contributed by atoms with Crippen LogP contribution in [-0.2, 0) is 14.8 Å². The maximum atomic E-state index is 13.4. The number of benzene rings is 4. The maximum absolute atomic E-state index is 13.4. The van der Waals surface area contributed by atoms with E-state index in [1.165, 1.54) is 36.0 Å². The molecular weight excluding hydrogens is 648 g/mol. The number of halogens is 1. The van der Waals surface area contributed by atoms with Gasteiger partial charge in [-0.3, -0.25) is 14.9 Å². The minimum atomic E-state index is -4.69. The van der Waals surface area contributed by atoms with Crippen LogP contribution < -0.4 is 10.0 Å². The lowest BCUT2D eigenvalue weighted by Gasteiger charge is -2.23. The Morgan fingerprint density at radius 2 is 1.70 bits per heavy atom. The molecule has 2 N–H and O–H groups in total. The maximum Gasteiger partial charge on any atom is 0.340 e. The molecule has 0 fully saturated rings. The number of anilines is 1. The third-order valence-corrected chi connectivity index (χ3v) is 9.96. The normalized spacial score (nSPS) is 15.8. The lowest BCUT2D eigenvalue weighted by Crippen LogP contribution is -2.31. The largest absolute Gasteiger partial charge is 0.461 e. The molecule has 1 atom stereocenters. The van der Waals surface area contributed by atoms with Crippen LogP contribution in [-0.4, -0.2) is 68.7 Å². The number of amides is 1. The number of carbonyl (C=O) groups is 2. The van der Waals surface area contributed by atoms with Crippen LogP contribution in [0.1, 0.15) is 27.1 Å². The molecule has 1 aliphatic rings. The van der Waals surface area contributed by atoms with E-state index in [0.717, 1.165) is 17.0 Å². The van der Waals surface area contributed by atoms with Crippen molar-refractivity contribution in [2.45, 2.75) is 22.3 Å². The Hall–Kier alpha value is -4.79. The van der Waals surface area contributed by atoms with Gasteiger partial charge in [-0.25, -0.2) is 22.3 Å². The van der Waals surface area contributed by atoms with E-state index in [2.05, 4.69) is 5.32 Å². The summed E-state index contributed by atoms with van der Waals surface area (Å²) in [6, 6.07) is 22.7. The summed E-state index contributed by atoms with van der Waals surface area (Å²) in [6.45, 7) is 0.987. The molecular formula is C33H31FN4O7S2. The van der Waals surface area contributed by atoms with Crippen molar-refractivity contribution in [1.82, 2.24) is 9.62 Å². The predicted octanol–water partition coefficient (Wildman–Crippen LogP) is 5.58. The van der Waals surface area contributed by atoms with Gasteiger partial charge in [-0.1, -0.05) is 42.5 Å². The molecule has 11 nitrogen and oxygen atoms in total. The number of rotatable bonds is 8. The first-order valence-electron chi connectivity index (χ1n) is 14.6. The van der Waals surface area contributed by atoms with Crippen molar-refractivity contribution in [3.8, 4) is 11.1 Å². The molecule has 0 saturated carbocycles. The van der Waals surface area contributed by atoms with E-state index in [9.17, 15) is 32.5 Å². The van der Waals surface area contributed by atoms with Gasteiger partial charge in [0.25, 0.3) is 21.6 Å². The van der Waals surface area contributed by atoms with E-state index >= 15 is 0 Å². The van der Waals surface area contributed by atoms with Crippen LogP contribution in [0.15, 0.2) is 101 Å².